The third-order valence-corrected chi connectivity index (χ3v) is 3.27. The number of halogens is 1. The van der Waals surface area contributed by atoms with Gasteiger partial charge in [-0.2, -0.15) is 0 Å². The average Bonchev–Trinajstić information content (AvgIpc) is 2.97. The van der Waals surface area contributed by atoms with Gasteiger partial charge in [0.1, 0.15) is 5.82 Å². The van der Waals surface area contributed by atoms with Crippen LogP contribution in [0.15, 0.2) is 40.8 Å². The van der Waals surface area contributed by atoms with Crippen molar-refractivity contribution in [3.05, 3.63) is 48.1 Å². The monoisotopic (exact) mass is 285 g/mol. The summed E-state index contributed by atoms with van der Waals surface area (Å²) in [6, 6.07) is 10.4. The van der Waals surface area contributed by atoms with E-state index in [9.17, 15) is 4.39 Å². The van der Waals surface area contributed by atoms with Crippen molar-refractivity contribution in [1.29, 1.82) is 0 Å². The highest BCUT2D eigenvalue weighted by Crippen LogP contribution is 2.29. The zero-order valence-electron chi connectivity index (χ0n) is 11.8. The van der Waals surface area contributed by atoms with Gasteiger partial charge >= 0.3 is 0 Å². The molecule has 21 heavy (non-hydrogen) atoms. The van der Waals surface area contributed by atoms with E-state index in [1.54, 1.807) is 12.1 Å². The first kappa shape index (κ1) is 13.7. The van der Waals surface area contributed by atoms with E-state index >= 15 is 0 Å². The average molecular weight is 285 g/mol. The number of benzene rings is 2. The summed E-state index contributed by atoms with van der Waals surface area (Å²) in [6.45, 7) is 3.54. The van der Waals surface area contributed by atoms with Gasteiger partial charge in [-0.3, -0.25) is 0 Å². The van der Waals surface area contributed by atoms with Gasteiger partial charge in [0, 0.05) is 10.9 Å². The van der Waals surface area contributed by atoms with Gasteiger partial charge in [0.25, 0.3) is 0 Å². The number of hydrogen-bond donors (Lipinski definition) is 1. The summed E-state index contributed by atoms with van der Waals surface area (Å²) in [5.41, 5.74) is 0.751. The lowest BCUT2D eigenvalue weighted by Crippen LogP contribution is -2.13. The molecule has 0 aliphatic heterocycles. The first-order chi connectivity index (χ1) is 10.3. The fourth-order valence-corrected chi connectivity index (χ4v) is 2.25. The Labute approximate surface area is 122 Å². The largest absolute Gasteiger partial charge is 0.419 e. The van der Waals surface area contributed by atoms with Crippen LogP contribution in [0.25, 0.3) is 22.2 Å². The van der Waals surface area contributed by atoms with Crippen LogP contribution in [0.1, 0.15) is 19.2 Å². The lowest BCUT2D eigenvalue weighted by molar-refractivity contribution is 0.478. The minimum atomic E-state index is -0.251. The molecule has 0 aliphatic carbocycles. The van der Waals surface area contributed by atoms with Crippen LogP contribution < -0.4 is 5.32 Å². The summed E-state index contributed by atoms with van der Waals surface area (Å²) in [5.74, 6) is 0.699. The van der Waals surface area contributed by atoms with Gasteiger partial charge in [0.2, 0.25) is 11.8 Å². The Morgan fingerprint density at radius 2 is 1.90 bits per heavy atom. The van der Waals surface area contributed by atoms with Crippen LogP contribution in [0.4, 0.5) is 4.39 Å². The van der Waals surface area contributed by atoms with Crippen LogP contribution in [-0.2, 0) is 6.54 Å². The molecule has 0 unspecified atom stereocenters. The molecule has 0 saturated heterocycles. The van der Waals surface area contributed by atoms with Crippen molar-refractivity contribution in [3.63, 3.8) is 0 Å². The predicted octanol–water partition coefficient (Wildman–Crippen LogP) is 3.53. The van der Waals surface area contributed by atoms with Crippen molar-refractivity contribution >= 4 is 10.8 Å². The molecule has 5 heteroatoms. The number of fused-ring (bicyclic) bond motifs is 1. The van der Waals surface area contributed by atoms with E-state index in [0.29, 0.717) is 23.7 Å². The fourth-order valence-electron chi connectivity index (χ4n) is 2.25. The second kappa shape index (κ2) is 6.01. The summed E-state index contributed by atoms with van der Waals surface area (Å²) < 4.78 is 19.5. The maximum Gasteiger partial charge on any atom is 0.248 e. The topological polar surface area (TPSA) is 51.0 Å². The van der Waals surface area contributed by atoms with E-state index in [1.807, 2.05) is 18.2 Å². The van der Waals surface area contributed by atoms with Crippen molar-refractivity contribution in [2.24, 2.45) is 0 Å². The molecule has 0 aliphatic rings. The summed E-state index contributed by atoms with van der Waals surface area (Å²) >= 11 is 0. The van der Waals surface area contributed by atoms with Gasteiger partial charge in [0.05, 0.1) is 6.54 Å². The van der Waals surface area contributed by atoms with Crippen molar-refractivity contribution in [2.45, 2.75) is 19.9 Å². The van der Waals surface area contributed by atoms with E-state index < -0.39 is 0 Å². The van der Waals surface area contributed by atoms with Gasteiger partial charge < -0.3 is 9.73 Å². The lowest BCUT2D eigenvalue weighted by atomic mass is 10.0. The predicted molar refractivity (Wildman–Crippen MR) is 79.2 cm³/mol. The van der Waals surface area contributed by atoms with Crippen molar-refractivity contribution in [3.8, 4) is 11.5 Å². The molecule has 0 bridgehead atoms. The molecule has 0 atom stereocenters. The van der Waals surface area contributed by atoms with Crippen molar-refractivity contribution in [2.75, 3.05) is 6.54 Å². The van der Waals surface area contributed by atoms with E-state index in [0.717, 1.165) is 23.9 Å². The van der Waals surface area contributed by atoms with Crippen molar-refractivity contribution in [1.82, 2.24) is 15.5 Å². The minimum Gasteiger partial charge on any atom is -0.419 e. The number of hydrogen-bond acceptors (Lipinski definition) is 4. The molecule has 4 nitrogen and oxygen atoms in total. The van der Waals surface area contributed by atoms with Gasteiger partial charge in [-0.05, 0) is 30.5 Å². The molecule has 0 spiro atoms. The Balaban J connectivity index is 1.96. The second-order valence-corrected chi connectivity index (χ2v) is 4.82. The van der Waals surface area contributed by atoms with Gasteiger partial charge in [-0.25, -0.2) is 4.39 Å². The maximum atomic E-state index is 13.8. The van der Waals surface area contributed by atoms with Crippen LogP contribution in [0.3, 0.4) is 0 Å². The van der Waals surface area contributed by atoms with Crippen LogP contribution in [0, 0.1) is 5.82 Å². The Kier molecular flexibility index (Phi) is 3.92. The van der Waals surface area contributed by atoms with E-state index in [-0.39, 0.29) is 5.82 Å². The third kappa shape index (κ3) is 2.78. The molecule has 0 fully saturated rings. The molecule has 1 N–H and O–H groups in total. The molecule has 3 aromatic rings. The zero-order valence-corrected chi connectivity index (χ0v) is 11.8. The first-order valence-electron chi connectivity index (χ1n) is 7.00. The molecular weight excluding hydrogens is 269 g/mol. The maximum absolute atomic E-state index is 13.8. The number of nitrogens with one attached hydrogen (secondary N) is 1. The van der Waals surface area contributed by atoms with Gasteiger partial charge in [-0.15, -0.1) is 10.2 Å². The molecular formula is C16H16FN3O. The molecule has 2 aromatic carbocycles. The molecule has 0 radical (unpaired) electrons. The first-order valence-corrected chi connectivity index (χ1v) is 7.00. The van der Waals surface area contributed by atoms with Crippen LogP contribution in [0.2, 0.25) is 0 Å². The minimum absolute atomic E-state index is 0.251. The molecule has 108 valence electrons. The van der Waals surface area contributed by atoms with E-state index in [2.05, 4.69) is 22.4 Å². The zero-order chi connectivity index (χ0) is 14.7. The Hall–Kier alpha value is -2.27. The normalized spacial score (nSPS) is 11.1. The lowest BCUT2D eigenvalue weighted by Gasteiger charge is -2.03. The molecule has 0 saturated carbocycles. The summed E-state index contributed by atoms with van der Waals surface area (Å²) in [5, 5.41) is 12.6. The molecule has 3 rings (SSSR count). The van der Waals surface area contributed by atoms with E-state index in [1.165, 1.54) is 6.07 Å². The number of nitrogens with zero attached hydrogens (tertiary/aromatic N) is 2. The second-order valence-electron chi connectivity index (χ2n) is 4.82. The highest BCUT2D eigenvalue weighted by Gasteiger charge is 2.13. The van der Waals surface area contributed by atoms with Crippen LogP contribution >= 0.6 is 0 Å². The highest BCUT2D eigenvalue weighted by atomic mass is 19.1. The Morgan fingerprint density at radius 3 is 2.71 bits per heavy atom. The third-order valence-electron chi connectivity index (χ3n) is 3.27. The van der Waals surface area contributed by atoms with Crippen LogP contribution in [0.5, 0.6) is 0 Å². The van der Waals surface area contributed by atoms with Crippen molar-refractivity contribution < 1.29 is 8.81 Å². The standard InChI is InChI=1S/C16H16FN3O/c1-2-9-18-10-15-19-20-16(21-15)13-7-8-14(17)12-6-4-3-5-11(12)13/h3-8,18H,2,9-10H2,1H3. The smallest absolute Gasteiger partial charge is 0.248 e. The molecule has 1 aromatic heterocycles. The van der Waals surface area contributed by atoms with Gasteiger partial charge in [-0.1, -0.05) is 31.2 Å². The van der Waals surface area contributed by atoms with Crippen LogP contribution in [-0.4, -0.2) is 16.7 Å². The number of rotatable bonds is 5. The SMILES string of the molecule is CCCNCc1nnc(-c2ccc(F)c3ccccc23)o1. The Bertz CT molecular complexity index is 754. The summed E-state index contributed by atoms with van der Waals surface area (Å²) in [4.78, 5) is 0. The van der Waals surface area contributed by atoms with Gasteiger partial charge in [0.15, 0.2) is 0 Å². The highest BCUT2D eigenvalue weighted by molar-refractivity contribution is 5.95. The van der Waals surface area contributed by atoms with E-state index in [4.69, 9.17) is 4.42 Å². The Morgan fingerprint density at radius 1 is 1.10 bits per heavy atom. The quantitative estimate of drug-likeness (QED) is 0.729. The molecule has 0 amide bonds. The summed E-state index contributed by atoms with van der Waals surface area (Å²) in [7, 11) is 0. The number of aromatic nitrogens is 2. The fraction of sp³-hybridized carbons (Fsp3) is 0.250. The molecule has 1 heterocycles. The summed E-state index contributed by atoms with van der Waals surface area (Å²) in [6.07, 6.45) is 1.05.